The van der Waals surface area contributed by atoms with Crippen molar-refractivity contribution in [2.24, 2.45) is 11.8 Å². The van der Waals surface area contributed by atoms with Gasteiger partial charge in [-0.25, -0.2) is 0 Å². The van der Waals surface area contributed by atoms with E-state index in [-0.39, 0.29) is 35.9 Å². The van der Waals surface area contributed by atoms with E-state index < -0.39 is 41.6 Å². The summed E-state index contributed by atoms with van der Waals surface area (Å²) in [5.41, 5.74) is -0.528. The number of hydrogen-bond acceptors (Lipinski definition) is 6. The van der Waals surface area contributed by atoms with Gasteiger partial charge in [0.25, 0.3) is 0 Å². The number of aliphatic hydroxyl groups excluding tert-OH is 1. The third-order valence-corrected chi connectivity index (χ3v) is 8.80. The van der Waals surface area contributed by atoms with E-state index in [1.807, 2.05) is 44.2 Å². The molecule has 2 bridgehead atoms. The van der Waals surface area contributed by atoms with Gasteiger partial charge < -0.3 is 24.4 Å². The molecule has 0 saturated carbocycles. The zero-order chi connectivity index (χ0) is 27.6. The van der Waals surface area contributed by atoms with Crippen LogP contribution in [0.3, 0.4) is 0 Å². The minimum absolute atomic E-state index is 0.166. The number of halogens is 1. The highest BCUT2D eigenvalue weighted by Gasteiger charge is 2.77. The standard InChI is InChI=1S/C29H37BrN2O6/c1-5-7-11-15-37-28(36)22-23-26(34)32(21(17-33)19-12-9-8-10-13-19)25(27(35)31(14-6-2)18(3)4)29(23)16-20(30)24(22)38-29/h5-6,8-10,12-13,18,20-25,33H,1-2,7,11,14-17H2,3-4H3/t20?,21-,22-,23+,24-,25?,29?/m1/s1. The highest BCUT2D eigenvalue weighted by atomic mass is 79.9. The van der Waals surface area contributed by atoms with E-state index in [9.17, 15) is 19.5 Å². The van der Waals surface area contributed by atoms with Crippen LogP contribution in [0.15, 0.2) is 55.6 Å². The van der Waals surface area contributed by atoms with Gasteiger partial charge in [-0.3, -0.25) is 14.4 Å². The van der Waals surface area contributed by atoms with Gasteiger partial charge >= 0.3 is 5.97 Å². The topological polar surface area (TPSA) is 96.4 Å². The number of amides is 2. The Balaban J connectivity index is 1.79. The van der Waals surface area contributed by atoms with E-state index in [4.69, 9.17) is 9.47 Å². The smallest absolute Gasteiger partial charge is 0.312 e. The van der Waals surface area contributed by atoms with Crippen LogP contribution in [0.2, 0.25) is 0 Å². The highest BCUT2D eigenvalue weighted by Crippen LogP contribution is 2.61. The molecule has 206 valence electrons. The molecular weight excluding hydrogens is 552 g/mol. The molecule has 1 aromatic carbocycles. The molecule has 0 aromatic heterocycles. The maximum atomic E-state index is 14.3. The second-order valence-corrected chi connectivity index (χ2v) is 11.7. The molecule has 1 N–H and O–H groups in total. The first kappa shape index (κ1) is 28.5. The van der Waals surface area contributed by atoms with Gasteiger partial charge in [-0.15, -0.1) is 13.2 Å². The quantitative estimate of drug-likeness (QED) is 0.174. The fraction of sp³-hybridized carbons (Fsp3) is 0.552. The van der Waals surface area contributed by atoms with Crippen LogP contribution >= 0.6 is 15.9 Å². The molecule has 3 heterocycles. The molecule has 38 heavy (non-hydrogen) atoms. The number of ether oxygens (including phenoxy) is 2. The maximum absolute atomic E-state index is 14.3. The van der Waals surface area contributed by atoms with Gasteiger partial charge in [0, 0.05) is 17.4 Å². The van der Waals surface area contributed by atoms with Crippen LogP contribution in [-0.2, 0) is 23.9 Å². The number of carbonyl (C=O) groups is 3. The normalized spacial score (nSPS) is 30.3. The number of esters is 1. The Hall–Kier alpha value is -2.49. The van der Waals surface area contributed by atoms with Crippen LogP contribution in [0, 0.1) is 11.8 Å². The summed E-state index contributed by atoms with van der Waals surface area (Å²) in [7, 11) is 0. The molecule has 8 nitrogen and oxygen atoms in total. The summed E-state index contributed by atoms with van der Waals surface area (Å²) in [4.78, 5) is 44.9. The van der Waals surface area contributed by atoms with Crippen LogP contribution in [0.4, 0.5) is 0 Å². The number of likely N-dealkylation sites (tertiary alicyclic amines) is 1. The van der Waals surface area contributed by atoms with Crippen LogP contribution < -0.4 is 0 Å². The molecule has 3 unspecified atom stereocenters. The average molecular weight is 590 g/mol. The summed E-state index contributed by atoms with van der Waals surface area (Å²) in [6.45, 7) is 11.4. The highest BCUT2D eigenvalue weighted by molar-refractivity contribution is 9.09. The Kier molecular flexibility index (Phi) is 8.79. The molecule has 3 aliphatic rings. The van der Waals surface area contributed by atoms with Crippen molar-refractivity contribution in [3.05, 3.63) is 61.2 Å². The lowest BCUT2D eigenvalue weighted by Gasteiger charge is -2.40. The van der Waals surface area contributed by atoms with Crippen molar-refractivity contribution in [1.82, 2.24) is 9.80 Å². The fourth-order valence-corrected chi connectivity index (χ4v) is 7.27. The third-order valence-electron chi connectivity index (χ3n) is 7.96. The molecule has 9 heteroatoms. The Morgan fingerprint density at radius 3 is 2.61 bits per heavy atom. The van der Waals surface area contributed by atoms with Crippen LogP contribution in [0.5, 0.6) is 0 Å². The Morgan fingerprint density at radius 2 is 2.00 bits per heavy atom. The van der Waals surface area contributed by atoms with Gasteiger partial charge in [0.15, 0.2) is 0 Å². The van der Waals surface area contributed by atoms with Crippen molar-refractivity contribution in [2.75, 3.05) is 19.8 Å². The second kappa shape index (κ2) is 11.7. The van der Waals surface area contributed by atoms with Crippen molar-refractivity contribution in [1.29, 1.82) is 0 Å². The predicted octanol–water partition coefficient (Wildman–Crippen LogP) is 3.40. The number of unbranched alkanes of at least 4 members (excludes halogenated alkanes) is 1. The van der Waals surface area contributed by atoms with Gasteiger partial charge in [-0.05, 0) is 38.7 Å². The van der Waals surface area contributed by atoms with Gasteiger partial charge in [-0.2, -0.15) is 0 Å². The number of carbonyl (C=O) groups excluding carboxylic acids is 3. The van der Waals surface area contributed by atoms with E-state index in [1.54, 1.807) is 17.1 Å². The molecule has 1 spiro atoms. The van der Waals surface area contributed by atoms with Gasteiger partial charge in [0.2, 0.25) is 11.8 Å². The molecule has 0 radical (unpaired) electrons. The lowest BCUT2D eigenvalue weighted by atomic mass is 9.70. The minimum atomic E-state index is -1.23. The van der Waals surface area contributed by atoms with E-state index in [1.165, 1.54) is 4.90 Å². The van der Waals surface area contributed by atoms with E-state index in [0.717, 1.165) is 0 Å². The van der Waals surface area contributed by atoms with Crippen molar-refractivity contribution in [3.63, 3.8) is 0 Å². The summed E-state index contributed by atoms with van der Waals surface area (Å²) in [5, 5.41) is 10.5. The number of nitrogens with zero attached hydrogens (tertiary/aromatic N) is 2. The molecular formula is C29H37BrN2O6. The SMILES string of the molecule is C=CCCCOC(=O)[C@H]1[C@@H]2OC3(CC2Br)C(C(=O)N(CC=C)C(C)C)N([C@H](CO)c2ccccc2)C(=O)[C@H]13. The molecule has 3 fully saturated rings. The first-order chi connectivity index (χ1) is 18.2. The summed E-state index contributed by atoms with van der Waals surface area (Å²) >= 11 is 3.67. The minimum Gasteiger partial charge on any atom is -0.465 e. The number of alkyl halides is 1. The number of fused-ring (bicyclic) bond motifs is 1. The third kappa shape index (κ3) is 4.73. The summed E-state index contributed by atoms with van der Waals surface area (Å²) in [6.07, 6.45) is 4.54. The fourth-order valence-electron chi connectivity index (χ4n) is 6.33. The number of hydrogen-bond donors (Lipinski definition) is 1. The maximum Gasteiger partial charge on any atom is 0.312 e. The summed E-state index contributed by atoms with van der Waals surface area (Å²) < 4.78 is 12.1. The molecule has 0 aliphatic carbocycles. The van der Waals surface area contributed by atoms with Crippen molar-refractivity contribution in [2.45, 2.75) is 67.8 Å². The largest absolute Gasteiger partial charge is 0.465 e. The summed E-state index contributed by atoms with van der Waals surface area (Å²) in [5.74, 6) is -2.90. The van der Waals surface area contributed by atoms with E-state index in [2.05, 4.69) is 29.1 Å². The first-order valence-electron chi connectivity index (χ1n) is 13.2. The van der Waals surface area contributed by atoms with Gasteiger partial charge in [0.1, 0.15) is 11.6 Å². The van der Waals surface area contributed by atoms with Crippen LogP contribution in [0.1, 0.15) is 44.7 Å². The Labute approximate surface area is 232 Å². The van der Waals surface area contributed by atoms with Crippen molar-refractivity contribution in [3.8, 4) is 0 Å². The molecule has 3 saturated heterocycles. The Morgan fingerprint density at radius 1 is 1.29 bits per heavy atom. The number of benzene rings is 1. The van der Waals surface area contributed by atoms with Crippen LogP contribution in [-0.4, -0.2) is 81.1 Å². The van der Waals surface area contributed by atoms with Crippen molar-refractivity contribution < 1.29 is 29.0 Å². The summed E-state index contributed by atoms with van der Waals surface area (Å²) in [6, 6.07) is 7.17. The molecule has 1 aromatic rings. The lowest BCUT2D eigenvalue weighted by Crippen LogP contribution is -2.58. The monoisotopic (exact) mass is 588 g/mol. The predicted molar refractivity (Wildman–Crippen MR) is 146 cm³/mol. The van der Waals surface area contributed by atoms with Gasteiger partial charge in [-0.1, -0.05) is 58.4 Å². The number of allylic oxidation sites excluding steroid dienone is 1. The number of rotatable bonds is 12. The second-order valence-electron chi connectivity index (χ2n) is 10.5. The van der Waals surface area contributed by atoms with Crippen molar-refractivity contribution >= 4 is 33.7 Å². The first-order valence-corrected chi connectivity index (χ1v) is 14.1. The number of aliphatic hydroxyl groups is 1. The molecule has 2 amide bonds. The van der Waals surface area contributed by atoms with Gasteiger partial charge in [0.05, 0.1) is 37.2 Å². The van der Waals surface area contributed by atoms with Crippen LogP contribution in [0.25, 0.3) is 0 Å². The van der Waals surface area contributed by atoms with E-state index in [0.29, 0.717) is 31.4 Å². The lowest BCUT2D eigenvalue weighted by molar-refractivity contribution is -0.157. The Bertz CT molecular complexity index is 1060. The zero-order valence-electron chi connectivity index (χ0n) is 22.0. The average Bonchev–Trinajstić information content (AvgIpc) is 3.49. The van der Waals surface area contributed by atoms with E-state index >= 15 is 0 Å². The molecule has 7 atom stereocenters. The molecule has 4 rings (SSSR count). The molecule has 3 aliphatic heterocycles. The zero-order valence-corrected chi connectivity index (χ0v) is 23.6.